The topological polar surface area (TPSA) is 103 Å². The largest absolute Gasteiger partial charge is 0.468 e. The highest BCUT2D eigenvalue weighted by atomic mass is 32.2. The lowest BCUT2D eigenvalue weighted by Crippen LogP contribution is -2.41. The highest BCUT2D eigenvalue weighted by Gasteiger charge is 2.42. The maximum Gasteiger partial charge on any atom is 0.358 e. The van der Waals surface area contributed by atoms with E-state index in [1.165, 1.54) is 12.6 Å². The Morgan fingerprint density at radius 1 is 1.38 bits per heavy atom. The minimum Gasteiger partial charge on any atom is -0.468 e. The molecular formula is C11H14N2O6S2. The maximum absolute atomic E-state index is 12.6. The molecule has 0 N–H and O–H groups in total. The summed E-state index contributed by atoms with van der Waals surface area (Å²) in [6, 6.07) is -0.868. The third-order valence-corrected chi connectivity index (χ3v) is 6.39. The fraction of sp³-hybridized carbons (Fsp3) is 0.545. The lowest BCUT2D eigenvalue weighted by Gasteiger charge is -2.21. The van der Waals surface area contributed by atoms with Crippen molar-refractivity contribution in [1.29, 1.82) is 0 Å². The molecule has 1 fully saturated rings. The van der Waals surface area contributed by atoms with E-state index in [9.17, 15) is 18.0 Å². The fourth-order valence-electron chi connectivity index (χ4n) is 2.16. The van der Waals surface area contributed by atoms with Crippen molar-refractivity contribution in [2.45, 2.75) is 23.1 Å². The Morgan fingerprint density at radius 2 is 2.10 bits per heavy atom. The zero-order valence-electron chi connectivity index (χ0n) is 11.4. The first-order chi connectivity index (χ1) is 9.93. The van der Waals surface area contributed by atoms with Gasteiger partial charge in [0, 0.05) is 6.54 Å². The van der Waals surface area contributed by atoms with Crippen LogP contribution in [0.25, 0.3) is 0 Å². The molecule has 0 saturated carbocycles. The molecule has 21 heavy (non-hydrogen) atoms. The summed E-state index contributed by atoms with van der Waals surface area (Å²) in [7, 11) is -1.65. The number of carbonyl (C=O) groups excluding carboxylic acids is 2. The molecule has 0 bridgehead atoms. The average Bonchev–Trinajstić information content (AvgIpc) is 3.14. The second-order valence-electron chi connectivity index (χ2n) is 4.28. The predicted molar refractivity (Wildman–Crippen MR) is 72.4 cm³/mol. The lowest BCUT2D eigenvalue weighted by molar-refractivity contribution is -0.144. The van der Waals surface area contributed by atoms with Crippen molar-refractivity contribution >= 4 is 33.3 Å². The van der Waals surface area contributed by atoms with Gasteiger partial charge in [0.15, 0.2) is 9.90 Å². The molecule has 1 aliphatic heterocycles. The second kappa shape index (κ2) is 6.08. The van der Waals surface area contributed by atoms with Crippen LogP contribution >= 0.6 is 11.3 Å². The molecule has 8 nitrogen and oxygen atoms in total. The van der Waals surface area contributed by atoms with Gasteiger partial charge in [0.25, 0.3) is 10.0 Å². The molecule has 10 heteroatoms. The van der Waals surface area contributed by atoms with Crippen LogP contribution in [0.3, 0.4) is 0 Å². The second-order valence-corrected chi connectivity index (χ2v) is 7.22. The highest BCUT2D eigenvalue weighted by molar-refractivity contribution is 7.91. The molecule has 1 aliphatic rings. The minimum atomic E-state index is -4.00. The van der Waals surface area contributed by atoms with Crippen LogP contribution in [0.2, 0.25) is 0 Å². The third-order valence-electron chi connectivity index (χ3n) is 3.13. The van der Waals surface area contributed by atoms with Gasteiger partial charge in [-0.1, -0.05) is 0 Å². The Bertz CT molecular complexity index is 653. The summed E-state index contributed by atoms with van der Waals surface area (Å²) in [5.74, 6) is -1.44. The van der Waals surface area contributed by atoms with Crippen LogP contribution in [0.15, 0.2) is 9.72 Å². The van der Waals surface area contributed by atoms with E-state index in [2.05, 4.69) is 14.5 Å². The van der Waals surface area contributed by atoms with Crippen molar-refractivity contribution in [2.75, 3.05) is 20.8 Å². The van der Waals surface area contributed by atoms with E-state index in [1.54, 1.807) is 0 Å². The molecule has 2 rings (SSSR count). The number of ether oxygens (including phenoxy) is 2. The lowest BCUT2D eigenvalue weighted by atomic mass is 10.2. The van der Waals surface area contributed by atoms with Crippen molar-refractivity contribution in [3.05, 3.63) is 11.2 Å². The number of hydrogen-bond acceptors (Lipinski definition) is 8. The van der Waals surface area contributed by atoms with Gasteiger partial charge in [0.05, 0.1) is 19.7 Å². The number of hydrogen-bond donors (Lipinski definition) is 0. The summed E-state index contributed by atoms with van der Waals surface area (Å²) < 4.78 is 35.3. The Labute approximate surface area is 125 Å². The Hall–Kier alpha value is -1.52. The molecule has 0 aliphatic carbocycles. The summed E-state index contributed by atoms with van der Waals surface area (Å²) >= 11 is 0.815. The van der Waals surface area contributed by atoms with Gasteiger partial charge in [-0.25, -0.2) is 18.2 Å². The van der Waals surface area contributed by atoms with Crippen LogP contribution in [-0.2, 0) is 24.3 Å². The minimum absolute atomic E-state index is 0.195. The summed E-state index contributed by atoms with van der Waals surface area (Å²) in [6.07, 6.45) is 0.934. The summed E-state index contributed by atoms with van der Waals surface area (Å²) in [5, 5.41) is 0. The van der Waals surface area contributed by atoms with Gasteiger partial charge < -0.3 is 9.47 Å². The van der Waals surface area contributed by atoms with Crippen LogP contribution in [0.5, 0.6) is 0 Å². The van der Waals surface area contributed by atoms with E-state index >= 15 is 0 Å². The summed E-state index contributed by atoms with van der Waals surface area (Å²) in [6.45, 7) is 0.195. The van der Waals surface area contributed by atoms with Gasteiger partial charge in [-0.05, 0) is 12.8 Å². The van der Waals surface area contributed by atoms with Crippen molar-refractivity contribution in [3.8, 4) is 0 Å². The van der Waals surface area contributed by atoms with E-state index < -0.39 is 28.0 Å². The average molecular weight is 334 g/mol. The number of aromatic nitrogens is 1. The standard InChI is InChI=1S/C11H14N2O6S2/c1-18-9(14)7-4-3-5-13(7)21(16,17)11-8(10(15)19-2)12-6-20-11/h6-7H,3-5H2,1-2H3. The third kappa shape index (κ3) is 2.78. The Kier molecular flexibility index (Phi) is 4.59. The molecule has 2 heterocycles. The fourth-order valence-corrected chi connectivity index (χ4v) is 5.05. The molecule has 0 amide bonds. The Morgan fingerprint density at radius 3 is 2.71 bits per heavy atom. The first kappa shape index (κ1) is 15.9. The van der Waals surface area contributed by atoms with E-state index in [0.29, 0.717) is 12.8 Å². The van der Waals surface area contributed by atoms with Crippen LogP contribution in [0.4, 0.5) is 0 Å². The van der Waals surface area contributed by atoms with Crippen molar-refractivity contribution in [2.24, 2.45) is 0 Å². The van der Waals surface area contributed by atoms with Crippen molar-refractivity contribution in [1.82, 2.24) is 9.29 Å². The SMILES string of the molecule is COC(=O)c1ncsc1S(=O)(=O)N1CCCC1C(=O)OC. The molecule has 1 saturated heterocycles. The van der Waals surface area contributed by atoms with Crippen LogP contribution < -0.4 is 0 Å². The summed E-state index contributed by atoms with van der Waals surface area (Å²) in [4.78, 5) is 27.0. The van der Waals surface area contributed by atoms with Crippen LogP contribution in [0.1, 0.15) is 23.3 Å². The maximum atomic E-state index is 12.6. The first-order valence-corrected chi connectivity index (χ1v) is 8.37. The highest BCUT2D eigenvalue weighted by Crippen LogP contribution is 2.30. The van der Waals surface area contributed by atoms with Crippen molar-refractivity contribution in [3.63, 3.8) is 0 Å². The van der Waals surface area contributed by atoms with Gasteiger partial charge in [0.1, 0.15) is 6.04 Å². The molecule has 116 valence electrons. The molecule has 0 spiro atoms. The number of methoxy groups -OCH3 is 2. The zero-order valence-corrected chi connectivity index (χ0v) is 13.1. The molecule has 1 aromatic rings. The normalized spacial score (nSPS) is 19.4. The van der Waals surface area contributed by atoms with Crippen LogP contribution in [0, 0.1) is 0 Å². The number of carbonyl (C=O) groups is 2. The van der Waals surface area contributed by atoms with E-state index in [-0.39, 0.29) is 16.4 Å². The predicted octanol–water partition coefficient (Wildman–Crippen LogP) is 0.256. The van der Waals surface area contributed by atoms with E-state index in [1.807, 2.05) is 0 Å². The van der Waals surface area contributed by atoms with Gasteiger partial charge in [-0.15, -0.1) is 11.3 Å². The number of esters is 2. The smallest absolute Gasteiger partial charge is 0.358 e. The van der Waals surface area contributed by atoms with Crippen LogP contribution in [-0.4, -0.2) is 56.5 Å². The number of thiazole rings is 1. The molecule has 0 aromatic carbocycles. The van der Waals surface area contributed by atoms with Gasteiger partial charge >= 0.3 is 11.9 Å². The number of nitrogens with zero attached hydrogens (tertiary/aromatic N) is 2. The zero-order chi connectivity index (χ0) is 15.6. The number of sulfonamides is 1. The van der Waals surface area contributed by atoms with Gasteiger partial charge in [0.2, 0.25) is 0 Å². The summed E-state index contributed by atoms with van der Waals surface area (Å²) in [5.41, 5.74) is 0.987. The van der Waals surface area contributed by atoms with E-state index in [0.717, 1.165) is 22.8 Å². The van der Waals surface area contributed by atoms with Crippen molar-refractivity contribution < 1.29 is 27.5 Å². The first-order valence-electron chi connectivity index (χ1n) is 6.05. The van der Waals surface area contributed by atoms with E-state index in [4.69, 9.17) is 0 Å². The molecule has 1 aromatic heterocycles. The van der Waals surface area contributed by atoms with Gasteiger partial charge in [-0.3, -0.25) is 4.79 Å². The number of rotatable bonds is 4. The molecule has 1 unspecified atom stereocenters. The monoisotopic (exact) mass is 334 g/mol. The Balaban J connectivity index is 2.41. The quantitative estimate of drug-likeness (QED) is 0.727. The molecular weight excluding hydrogens is 320 g/mol. The van der Waals surface area contributed by atoms with Gasteiger partial charge in [-0.2, -0.15) is 4.31 Å². The molecule has 1 atom stereocenters. The molecule has 0 radical (unpaired) electrons.